The molecule has 2 N–H and O–H groups in total. The molecule has 3 rings (SSSR count). The number of carboxylic acid groups (broad SMARTS) is 2. The van der Waals surface area contributed by atoms with Crippen LogP contribution in [0.1, 0.15) is 34.0 Å². The SMILES string of the molecule is O=C1CC2(C(=O)O)Cc3cc(C(=O)O)ccc3C2O1. The van der Waals surface area contributed by atoms with E-state index in [1.807, 2.05) is 0 Å². The number of carbonyl (C=O) groups is 3. The van der Waals surface area contributed by atoms with E-state index in [1.165, 1.54) is 18.2 Å². The van der Waals surface area contributed by atoms with Gasteiger partial charge in [0.05, 0.1) is 12.0 Å². The lowest BCUT2D eigenvalue weighted by Crippen LogP contribution is -2.31. The maximum absolute atomic E-state index is 11.5. The summed E-state index contributed by atoms with van der Waals surface area (Å²) in [5.41, 5.74) is 0.0416. The third-order valence-electron chi connectivity index (χ3n) is 3.82. The van der Waals surface area contributed by atoms with Gasteiger partial charge in [-0.3, -0.25) is 9.59 Å². The summed E-state index contributed by atoms with van der Waals surface area (Å²) >= 11 is 0. The number of hydrogen-bond donors (Lipinski definition) is 2. The number of fused-ring (bicyclic) bond motifs is 3. The van der Waals surface area contributed by atoms with Crippen molar-refractivity contribution in [2.75, 3.05) is 0 Å². The summed E-state index contributed by atoms with van der Waals surface area (Å²) in [6, 6.07) is 4.38. The van der Waals surface area contributed by atoms with Gasteiger partial charge < -0.3 is 14.9 Å². The summed E-state index contributed by atoms with van der Waals surface area (Å²) in [5, 5.41) is 18.3. The van der Waals surface area contributed by atoms with Gasteiger partial charge in [-0.1, -0.05) is 6.07 Å². The average Bonchev–Trinajstić information content (AvgIpc) is 2.80. The Morgan fingerprint density at radius 2 is 2.00 bits per heavy atom. The van der Waals surface area contributed by atoms with Crippen LogP contribution in [0, 0.1) is 5.41 Å². The number of carbonyl (C=O) groups excluding carboxylic acids is 1. The van der Waals surface area contributed by atoms with Crippen LogP contribution in [-0.4, -0.2) is 28.1 Å². The molecule has 98 valence electrons. The van der Waals surface area contributed by atoms with Crippen LogP contribution in [0.4, 0.5) is 0 Å². The van der Waals surface area contributed by atoms with E-state index in [9.17, 15) is 19.5 Å². The summed E-state index contributed by atoms with van der Waals surface area (Å²) in [6.45, 7) is 0. The number of rotatable bonds is 2. The molecular formula is C13H10O6. The van der Waals surface area contributed by atoms with Gasteiger partial charge >= 0.3 is 17.9 Å². The second kappa shape index (κ2) is 3.57. The van der Waals surface area contributed by atoms with Gasteiger partial charge in [0.2, 0.25) is 0 Å². The topological polar surface area (TPSA) is 101 Å². The molecular weight excluding hydrogens is 252 g/mol. The molecule has 0 saturated carbocycles. The van der Waals surface area contributed by atoms with Crippen molar-refractivity contribution in [2.45, 2.75) is 18.9 Å². The molecule has 2 aliphatic rings. The standard InChI is InChI=1S/C13H10O6/c14-9-5-13(12(17)18)4-7-3-6(11(15)16)1-2-8(7)10(13)19-9/h1-3,10H,4-5H2,(H,15,16)(H,17,18). The first-order valence-corrected chi connectivity index (χ1v) is 5.73. The van der Waals surface area contributed by atoms with Crippen LogP contribution in [0.2, 0.25) is 0 Å². The first-order valence-electron chi connectivity index (χ1n) is 5.73. The highest BCUT2D eigenvalue weighted by Crippen LogP contribution is 2.54. The first-order chi connectivity index (χ1) is 8.94. The number of benzene rings is 1. The summed E-state index contributed by atoms with van der Waals surface area (Å²) in [6.07, 6.45) is -0.866. The fourth-order valence-electron chi connectivity index (χ4n) is 2.90. The van der Waals surface area contributed by atoms with Gasteiger partial charge in [-0.2, -0.15) is 0 Å². The molecule has 1 saturated heterocycles. The highest BCUT2D eigenvalue weighted by molar-refractivity contribution is 5.90. The smallest absolute Gasteiger partial charge is 0.335 e. The molecule has 0 spiro atoms. The van der Waals surface area contributed by atoms with Crippen molar-refractivity contribution in [2.24, 2.45) is 5.41 Å². The largest absolute Gasteiger partial charge is 0.481 e. The quantitative estimate of drug-likeness (QED) is 0.771. The highest BCUT2D eigenvalue weighted by Gasteiger charge is 2.60. The van der Waals surface area contributed by atoms with E-state index in [1.54, 1.807) is 0 Å². The van der Waals surface area contributed by atoms with Crippen LogP contribution in [0.5, 0.6) is 0 Å². The number of ether oxygens (including phenoxy) is 1. The Kier molecular flexibility index (Phi) is 2.20. The predicted molar refractivity (Wildman–Crippen MR) is 60.6 cm³/mol. The number of aliphatic carboxylic acids is 1. The van der Waals surface area contributed by atoms with Gasteiger partial charge in [0.1, 0.15) is 11.5 Å². The van der Waals surface area contributed by atoms with E-state index < -0.39 is 29.4 Å². The number of hydrogen-bond acceptors (Lipinski definition) is 4. The molecule has 0 bridgehead atoms. The number of aromatic carboxylic acids is 1. The lowest BCUT2D eigenvalue weighted by Gasteiger charge is -2.20. The number of carboxylic acids is 2. The second-order valence-electron chi connectivity index (χ2n) is 4.90. The highest BCUT2D eigenvalue weighted by atomic mass is 16.6. The zero-order valence-corrected chi connectivity index (χ0v) is 9.75. The fourth-order valence-corrected chi connectivity index (χ4v) is 2.90. The Balaban J connectivity index is 2.11. The molecule has 1 aliphatic carbocycles. The van der Waals surface area contributed by atoms with Crippen molar-refractivity contribution >= 4 is 17.9 Å². The van der Waals surface area contributed by atoms with Crippen molar-refractivity contribution in [1.82, 2.24) is 0 Å². The minimum absolute atomic E-state index is 0.102. The van der Waals surface area contributed by atoms with Gasteiger partial charge in [-0.05, 0) is 29.7 Å². The fraction of sp³-hybridized carbons (Fsp3) is 0.308. The molecule has 1 aromatic rings. The lowest BCUT2D eigenvalue weighted by molar-refractivity contribution is -0.152. The predicted octanol–water partition coefficient (Wildman–Crippen LogP) is 1.000. The van der Waals surface area contributed by atoms with Gasteiger partial charge in [0, 0.05) is 0 Å². The first kappa shape index (κ1) is 11.7. The summed E-state index contributed by atoms with van der Waals surface area (Å²) in [5.74, 6) is -2.68. The van der Waals surface area contributed by atoms with E-state index in [-0.39, 0.29) is 18.4 Å². The molecule has 2 atom stereocenters. The molecule has 1 aromatic carbocycles. The zero-order chi connectivity index (χ0) is 13.8. The average molecular weight is 262 g/mol. The van der Waals surface area contributed by atoms with Gasteiger partial charge in [-0.15, -0.1) is 0 Å². The third kappa shape index (κ3) is 1.46. The Morgan fingerprint density at radius 3 is 2.63 bits per heavy atom. The van der Waals surface area contributed by atoms with Crippen molar-refractivity contribution in [3.63, 3.8) is 0 Å². The van der Waals surface area contributed by atoms with Crippen molar-refractivity contribution in [3.05, 3.63) is 34.9 Å². The summed E-state index contributed by atoms with van der Waals surface area (Å²) in [7, 11) is 0. The van der Waals surface area contributed by atoms with Crippen LogP contribution in [0.3, 0.4) is 0 Å². The molecule has 1 fully saturated rings. The molecule has 6 nitrogen and oxygen atoms in total. The minimum Gasteiger partial charge on any atom is -0.481 e. The maximum atomic E-state index is 11.5. The van der Waals surface area contributed by atoms with E-state index in [0.29, 0.717) is 11.1 Å². The monoisotopic (exact) mass is 262 g/mol. The third-order valence-corrected chi connectivity index (χ3v) is 3.82. The van der Waals surface area contributed by atoms with E-state index >= 15 is 0 Å². The summed E-state index contributed by atoms with van der Waals surface area (Å²) in [4.78, 5) is 33.8. The molecule has 6 heteroatoms. The van der Waals surface area contributed by atoms with Crippen LogP contribution >= 0.6 is 0 Å². The zero-order valence-electron chi connectivity index (χ0n) is 9.75. The van der Waals surface area contributed by atoms with Crippen LogP contribution in [0.15, 0.2) is 18.2 Å². The molecule has 19 heavy (non-hydrogen) atoms. The Hall–Kier alpha value is -2.37. The Labute approximate surface area is 107 Å². The molecule has 0 amide bonds. The van der Waals surface area contributed by atoms with Crippen molar-refractivity contribution in [3.8, 4) is 0 Å². The van der Waals surface area contributed by atoms with Crippen molar-refractivity contribution < 1.29 is 29.3 Å². The van der Waals surface area contributed by atoms with E-state index in [2.05, 4.69) is 0 Å². The Morgan fingerprint density at radius 1 is 1.26 bits per heavy atom. The van der Waals surface area contributed by atoms with Crippen molar-refractivity contribution in [1.29, 1.82) is 0 Å². The van der Waals surface area contributed by atoms with Crippen LogP contribution < -0.4 is 0 Å². The number of esters is 1. The van der Waals surface area contributed by atoms with Gasteiger partial charge in [-0.25, -0.2) is 4.79 Å². The molecule has 1 heterocycles. The minimum atomic E-state index is -1.28. The van der Waals surface area contributed by atoms with Gasteiger partial charge in [0.25, 0.3) is 0 Å². The summed E-state index contributed by atoms with van der Waals surface area (Å²) < 4.78 is 5.11. The molecule has 1 aliphatic heterocycles. The van der Waals surface area contributed by atoms with Crippen LogP contribution in [-0.2, 0) is 20.7 Å². The van der Waals surface area contributed by atoms with E-state index in [0.717, 1.165) is 0 Å². The normalized spacial score (nSPS) is 27.6. The maximum Gasteiger partial charge on any atom is 0.335 e. The molecule has 2 unspecified atom stereocenters. The Bertz CT molecular complexity index is 620. The van der Waals surface area contributed by atoms with Gasteiger partial charge in [0.15, 0.2) is 0 Å². The van der Waals surface area contributed by atoms with E-state index in [4.69, 9.17) is 9.84 Å². The lowest BCUT2D eigenvalue weighted by atomic mass is 9.81. The van der Waals surface area contributed by atoms with Crippen LogP contribution in [0.25, 0.3) is 0 Å². The molecule has 0 radical (unpaired) electrons. The second-order valence-corrected chi connectivity index (χ2v) is 4.90. The molecule has 0 aromatic heterocycles.